The minimum Gasteiger partial charge on any atom is -0.481 e. The molecule has 2 aromatic rings. The van der Waals surface area contributed by atoms with Crippen LogP contribution in [0.25, 0.3) is 11.4 Å². The minimum atomic E-state index is -0.778. The van der Waals surface area contributed by atoms with E-state index in [1.165, 1.54) is 6.07 Å². The Balaban J connectivity index is 2.00. The molecule has 1 aliphatic rings. The molecule has 98 valence electrons. The largest absolute Gasteiger partial charge is 0.481 e. The number of carbonyl (C=O) groups is 1. The number of benzene rings is 1. The molecule has 1 aromatic carbocycles. The maximum absolute atomic E-state index is 13.8. The Morgan fingerprint density at radius 3 is 2.95 bits per heavy atom. The zero-order chi connectivity index (χ0) is 13.4. The summed E-state index contributed by atoms with van der Waals surface area (Å²) >= 11 is 0. The zero-order valence-corrected chi connectivity index (χ0v) is 10.2. The number of carboxylic acid groups (broad SMARTS) is 1. The molecule has 0 fully saturated rings. The molecule has 1 atom stereocenters. The van der Waals surface area contributed by atoms with Gasteiger partial charge in [-0.2, -0.15) is 0 Å². The van der Waals surface area contributed by atoms with Gasteiger partial charge in [0.05, 0.1) is 11.5 Å². The van der Waals surface area contributed by atoms with Gasteiger partial charge in [-0.1, -0.05) is 12.1 Å². The molecule has 1 unspecified atom stereocenters. The summed E-state index contributed by atoms with van der Waals surface area (Å²) in [5, 5.41) is 9.04. The highest BCUT2D eigenvalue weighted by Crippen LogP contribution is 2.28. The molecule has 3 rings (SSSR count). The van der Waals surface area contributed by atoms with Gasteiger partial charge in [0.25, 0.3) is 0 Å². The summed E-state index contributed by atoms with van der Waals surface area (Å²) in [4.78, 5) is 15.3. The van der Waals surface area contributed by atoms with Gasteiger partial charge in [-0.15, -0.1) is 0 Å². The Hall–Kier alpha value is -2.17. The van der Waals surface area contributed by atoms with E-state index in [4.69, 9.17) is 5.11 Å². The molecule has 19 heavy (non-hydrogen) atoms. The van der Waals surface area contributed by atoms with Crippen LogP contribution in [0.2, 0.25) is 0 Å². The van der Waals surface area contributed by atoms with Crippen LogP contribution in [0.4, 0.5) is 4.39 Å². The van der Waals surface area contributed by atoms with Gasteiger partial charge in [0.2, 0.25) is 0 Å². The molecule has 1 N–H and O–H groups in total. The van der Waals surface area contributed by atoms with Crippen LogP contribution in [0.5, 0.6) is 0 Å². The van der Waals surface area contributed by atoms with E-state index in [-0.39, 0.29) is 11.7 Å². The first-order valence-electron chi connectivity index (χ1n) is 6.19. The number of imidazole rings is 1. The van der Waals surface area contributed by atoms with E-state index in [0.717, 1.165) is 5.69 Å². The van der Waals surface area contributed by atoms with Crippen LogP contribution in [-0.2, 0) is 17.8 Å². The minimum absolute atomic E-state index is 0.309. The third kappa shape index (κ3) is 2.01. The second kappa shape index (κ2) is 4.50. The Morgan fingerprint density at radius 2 is 2.21 bits per heavy atom. The number of fused-ring (bicyclic) bond motifs is 1. The summed E-state index contributed by atoms with van der Waals surface area (Å²) in [6.07, 6.45) is 2.66. The van der Waals surface area contributed by atoms with Crippen molar-refractivity contribution < 1.29 is 14.3 Å². The highest BCUT2D eigenvalue weighted by Gasteiger charge is 2.27. The molecule has 1 aromatic heterocycles. The number of nitrogens with zero attached hydrogens (tertiary/aromatic N) is 2. The van der Waals surface area contributed by atoms with E-state index >= 15 is 0 Å². The van der Waals surface area contributed by atoms with Crippen molar-refractivity contribution >= 4 is 5.97 Å². The highest BCUT2D eigenvalue weighted by atomic mass is 19.1. The van der Waals surface area contributed by atoms with Gasteiger partial charge in [0, 0.05) is 24.9 Å². The molecule has 2 heterocycles. The van der Waals surface area contributed by atoms with Crippen molar-refractivity contribution in [1.82, 2.24) is 9.55 Å². The molecule has 5 heteroatoms. The summed E-state index contributed by atoms with van der Waals surface area (Å²) in [7, 11) is 0. The van der Waals surface area contributed by atoms with Crippen molar-refractivity contribution in [2.45, 2.75) is 19.4 Å². The van der Waals surface area contributed by atoms with Crippen molar-refractivity contribution in [3.8, 4) is 11.4 Å². The smallest absolute Gasteiger partial charge is 0.306 e. The van der Waals surface area contributed by atoms with Gasteiger partial charge in [0.15, 0.2) is 0 Å². The molecule has 0 amide bonds. The maximum atomic E-state index is 13.8. The van der Waals surface area contributed by atoms with Crippen LogP contribution in [0, 0.1) is 11.7 Å². The number of rotatable bonds is 2. The average molecular weight is 260 g/mol. The fraction of sp³-hybridized carbons (Fsp3) is 0.286. The van der Waals surface area contributed by atoms with Crippen LogP contribution < -0.4 is 0 Å². The lowest BCUT2D eigenvalue weighted by molar-refractivity contribution is -0.142. The average Bonchev–Trinajstić information content (AvgIpc) is 2.82. The van der Waals surface area contributed by atoms with E-state index in [1.54, 1.807) is 24.4 Å². The Labute approximate surface area is 109 Å². The topological polar surface area (TPSA) is 55.1 Å². The van der Waals surface area contributed by atoms with Gasteiger partial charge in [-0.05, 0) is 18.6 Å². The van der Waals surface area contributed by atoms with Crippen LogP contribution in [-0.4, -0.2) is 20.6 Å². The molecular formula is C14H13FN2O2. The fourth-order valence-electron chi connectivity index (χ4n) is 2.53. The lowest BCUT2D eigenvalue weighted by Gasteiger charge is -2.22. The second-order valence-corrected chi connectivity index (χ2v) is 4.73. The molecule has 0 aliphatic carbocycles. The van der Waals surface area contributed by atoms with E-state index in [2.05, 4.69) is 4.98 Å². The molecule has 1 aliphatic heterocycles. The van der Waals surface area contributed by atoms with Crippen LogP contribution >= 0.6 is 0 Å². The second-order valence-electron chi connectivity index (χ2n) is 4.73. The number of hydrogen-bond donors (Lipinski definition) is 1. The molecular weight excluding hydrogens is 247 g/mol. The zero-order valence-electron chi connectivity index (χ0n) is 10.2. The van der Waals surface area contributed by atoms with Gasteiger partial charge in [-0.3, -0.25) is 4.79 Å². The van der Waals surface area contributed by atoms with E-state index in [9.17, 15) is 9.18 Å². The Bertz CT molecular complexity index is 636. The SMILES string of the molecule is O=C(O)C1CCn2c(cnc2-c2ccccc2F)C1. The van der Waals surface area contributed by atoms with Gasteiger partial charge < -0.3 is 9.67 Å². The van der Waals surface area contributed by atoms with Crippen molar-refractivity contribution in [2.75, 3.05) is 0 Å². The van der Waals surface area contributed by atoms with Crippen molar-refractivity contribution in [1.29, 1.82) is 0 Å². The van der Waals surface area contributed by atoms with Crippen molar-refractivity contribution in [3.05, 3.63) is 42.0 Å². The van der Waals surface area contributed by atoms with Gasteiger partial charge >= 0.3 is 5.97 Å². The molecule has 4 nitrogen and oxygen atoms in total. The Kier molecular flexibility index (Phi) is 2.81. The standard InChI is InChI=1S/C14H13FN2O2/c15-12-4-2-1-3-11(12)13-16-8-10-7-9(14(18)19)5-6-17(10)13/h1-4,8-9H,5-7H2,(H,18,19). The van der Waals surface area contributed by atoms with Crippen molar-refractivity contribution in [2.24, 2.45) is 5.92 Å². The van der Waals surface area contributed by atoms with Crippen LogP contribution in [0.15, 0.2) is 30.5 Å². The highest BCUT2D eigenvalue weighted by molar-refractivity contribution is 5.70. The predicted octanol–water partition coefficient (Wildman–Crippen LogP) is 2.34. The summed E-state index contributed by atoms with van der Waals surface area (Å²) in [5.74, 6) is -0.870. The lowest BCUT2D eigenvalue weighted by atomic mass is 9.96. The first-order chi connectivity index (χ1) is 9.16. The number of carboxylic acids is 1. The lowest BCUT2D eigenvalue weighted by Crippen LogP contribution is -2.25. The van der Waals surface area contributed by atoms with E-state index in [1.807, 2.05) is 4.57 Å². The summed E-state index contributed by atoms with van der Waals surface area (Å²) in [5.41, 5.74) is 1.32. The summed E-state index contributed by atoms with van der Waals surface area (Å²) < 4.78 is 15.7. The normalized spacial score (nSPS) is 18.1. The summed E-state index contributed by atoms with van der Waals surface area (Å²) in [6.45, 7) is 0.565. The quantitative estimate of drug-likeness (QED) is 0.901. The Morgan fingerprint density at radius 1 is 1.42 bits per heavy atom. The third-order valence-electron chi connectivity index (χ3n) is 3.56. The van der Waals surface area contributed by atoms with E-state index in [0.29, 0.717) is 30.8 Å². The molecule has 0 saturated carbocycles. The third-order valence-corrected chi connectivity index (χ3v) is 3.56. The van der Waals surface area contributed by atoms with Crippen LogP contribution in [0.3, 0.4) is 0 Å². The first-order valence-corrected chi connectivity index (χ1v) is 6.19. The molecule has 0 saturated heterocycles. The van der Waals surface area contributed by atoms with Gasteiger partial charge in [-0.25, -0.2) is 9.37 Å². The maximum Gasteiger partial charge on any atom is 0.306 e. The van der Waals surface area contributed by atoms with Crippen LogP contribution in [0.1, 0.15) is 12.1 Å². The van der Waals surface area contributed by atoms with E-state index < -0.39 is 5.97 Å². The van der Waals surface area contributed by atoms with Crippen molar-refractivity contribution in [3.63, 3.8) is 0 Å². The number of halogens is 1. The predicted molar refractivity (Wildman–Crippen MR) is 67.1 cm³/mol. The number of hydrogen-bond acceptors (Lipinski definition) is 2. The number of aromatic nitrogens is 2. The monoisotopic (exact) mass is 260 g/mol. The molecule has 0 spiro atoms. The summed E-state index contributed by atoms with van der Waals surface area (Å²) in [6, 6.07) is 6.50. The fourth-order valence-corrected chi connectivity index (χ4v) is 2.53. The molecule has 0 bridgehead atoms. The molecule has 0 radical (unpaired) electrons. The van der Waals surface area contributed by atoms with Gasteiger partial charge in [0.1, 0.15) is 11.6 Å². The first kappa shape index (κ1) is 11.9. The number of aliphatic carboxylic acids is 1.